The molecule has 1 fully saturated rings. The molecule has 0 saturated heterocycles. The van der Waals surface area contributed by atoms with Gasteiger partial charge in [-0.15, -0.1) is 0 Å². The van der Waals surface area contributed by atoms with Gasteiger partial charge in [-0.3, -0.25) is 9.78 Å². The lowest BCUT2D eigenvalue weighted by atomic mass is 9.87. The zero-order valence-corrected chi connectivity index (χ0v) is 19.9. The molecule has 1 amide bonds. The van der Waals surface area contributed by atoms with Gasteiger partial charge in [0.05, 0.1) is 28.2 Å². The van der Waals surface area contributed by atoms with Gasteiger partial charge in [0.25, 0.3) is 0 Å². The molecule has 1 atom stereocenters. The van der Waals surface area contributed by atoms with Gasteiger partial charge in [-0.1, -0.05) is 43.4 Å². The first-order chi connectivity index (χ1) is 15.2. The average Bonchev–Trinajstić information content (AvgIpc) is 3.26. The molecular weight excluding hydrogens is 454 g/mol. The Bertz CT molecular complexity index is 1040. The van der Waals surface area contributed by atoms with Crippen LogP contribution in [0.25, 0.3) is 0 Å². The molecule has 0 radical (unpaired) electrons. The number of hydrogen-bond donors (Lipinski definition) is 1. The monoisotopic (exact) mass is 481 g/mol. The van der Waals surface area contributed by atoms with E-state index in [4.69, 9.17) is 21.1 Å². The van der Waals surface area contributed by atoms with Gasteiger partial charge in [0.15, 0.2) is 15.7 Å². The molecule has 1 aromatic carbocycles. The van der Waals surface area contributed by atoms with Gasteiger partial charge in [0.2, 0.25) is 12.2 Å². The summed E-state index contributed by atoms with van der Waals surface area (Å²) in [4.78, 5) is 21.8. The van der Waals surface area contributed by atoms with Gasteiger partial charge in [0.1, 0.15) is 5.69 Å². The second-order valence-electron chi connectivity index (χ2n) is 8.02. The molecular formula is C22H28ClN3O5S. The second-order valence-corrected chi connectivity index (χ2v) is 10.4. The summed E-state index contributed by atoms with van der Waals surface area (Å²) in [5.41, 5.74) is 1.16. The Morgan fingerprint density at radius 3 is 2.41 bits per heavy atom. The minimum absolute atomic E-state index is 0.0511. The molecule has 0 aliphatic heterocycles. The molecule has 0 bridgehead atoms. The smallest absolute Gasteiger partial charge is 0.233 e. The lowest BCUT2D eigenvalue weighted by Gasteiger charge is -2.21. The third-order valence-electron chi connectivity index (χ3n) is 5.71. The first-order valence-electron chi connectivity index (χ1n) is 10.4. The van der Waals surface area contributed by atoms with Gasteiger partial charge in [-0.05, 0) is 30.0 Å². The number of hydrogen-bond acceptors (Lipinski definition) is 7. The molecule has 1 saturated carbocycles. The number of methoxy groups -OCH3 is 2. The van der Waals surface area contributed by atoms with Crippen LogP contribution in [0.15, 0.2) is 35.5 Å². The summed E-state index contributed by atoms with van der Waals surface area (Å²) in [6.07, 6.45) is 8.50. The van der Waals surface area contributed by atoms with Crippen molar-refractivity contribution in [1.29, 1.82) is 0 Å². The van der Waals surface area contributed by atoms with Crippen LogP contribution < -0.4 is 5.32 Å². The van der Waals surface area contributed by atoms with Crippen molar-refractivity contribution in [2.45, 2.75) is 49.2 Å². The van der Waals surface area contributed by atoms with Gasteiger partial charge in [-0.25, -0.2) is 13.4 Å². The number of nitrogens with zero attached hydrogens (tertiary/aromatic N) is 2. The largest absolute Gasteiger partial charge is 0.350 e. The fraction of sp³-hybridized carbons (Fsp3) is 0.500. The number of sulfone groups is 1. The Kier molecular flexibility index (Phi) is 8.21. The molecule has 8 nitrogen and oxygen atoms in total. The van der Waals surface area contributed by atoms with Crippen LogP contribution in [0.4, 0.5) is 5.82 Å². The van der Waals surface area contributed by atoms with Gasteiger partial charge >= 0.3 is 0 Å². The molecule has 0 spiro atoms. The Morgan fingerprint density at radius 2 is 1.88 bits per heavy atom. The highest BCUT2D eigenvalue weighted by Gasteiger charge is 2.28. The highest BCUT2D eigenvalue weighted by Crippen LogP contribution is 2.36. The molecule has 1 N–H and O–H groups in total. The van der Waals surface area contributed by atoms with Crippen molar-refractivity contribution in [3.63, 3.8) is 0 Å². The van der Waals surface area contributed by atoms with Crippen molar-refractivity contribution in [2.24, 2.45) is 5.92 Å². The number of nitrogens with one attached hydrogen (secondary N) is 1. The Balaban J connectivity index is 1.84. The molecule has 1 aliphatic rings. The van der Waals surface area contributed by atoms with E-state index in [-0.39, 0.29) is 15.8 Å². The van der Waals surface area contributed by atoms with Crippen molar-refractivity contribution in [3.05, 3.63) is 46.9 Å². The molecule has 174 valence electrons. The first kappa shape index (κ1) is 24.6. The number of aromatic nitrogens is 2. The van der Waals surface area contributed by atoms with E-state index in [1.165, 1.54) is 32.7 Å². The van der Waals surface area contributed by atoms with Crippen LogP contribution in [-0.4, -0.2) is 44.8 Å². The van der Waals surface area contributed by atoms with Crippen molar-refractivity contribution in [2.75, 3.05) is 25.8 Å². The quantitative estimate of drug-likeness (QED) is 0.536. The van der Waals surface area contributed by atoms with E-state index in [1.54, 1.807) is 12.1 Å². The van der Waals surface area contributed by atoms with Gasteiger partial charge in [0, 0.05) is 20.5 Å². The first-order valence-corrected chi connectivity index (χ1v) is 12.7. The number of anilines is 1. The summed E-state index contributed by atoms with van der Waals surface area (Å²) in [6, 6.07) is 4.71. The van der Waals surface area contributed by atoms with Gasteiger partial charge in [-0.2, -0.15) is 0 Å². The number of ether oxygens (including phenoxy) is 2. The molecule has 32 heavy (non-hydrogen) atoms. The van der Waals surface area contributed by atoms with E-state index in [0.717, 1.165) is 31.9 Å². The van der Waals surface area contributed by atoms with E-state index < -0.39 is 22.0 Å². The third kappa shape index (κ3) is 6.04. The standard InChI is InChI=1S/C22H28ClN3O5S/c1-30-22(31-2)18-12-25-20(13-24-18)26-21(27)16(10-14-6-4-5-7-14)15-8-9-19(17(23)11-15)32(3,28)29/h8-9,11-14,16,22H,4-7,10H2,1-3H3,(H,25,26,27). The van der Waals surface area contributed by atoms with Crippen LogP contribution in [0.2, 0.25) is 5.02 Å². The van der Waals surface area contributed by atoms with E-state index in [2.05, 4.69) is 15.3 Å². The zero-order chi connectivity index (χ0) is 23.3. The number of halogens is 1. The second kappa shape index (κ2) is 10.7. The Morgan fingerprint density at radius 1 is 1.19 bits per heavy atom. The normalized spacial score (nSPS) is 15.8. The van der Waals surface area contributed by atoms with E-state index in [9.17, 15) is 13.2 Å². The van der Waals surface area contributed by atoms with E-state index >= 15 is 0 Å². The highest BCUT2D eigenvalue weighted by atomic mass is 35.5. The van der Waals surface area contributed by atoms with Gasteiger partial charge < -0.3 is 14.8 Å². The predicted molar refractivity (Wildman–Crippen MR) is 121 cm³/mol. The molecule has 1 aliphatic carbocycles. The molecule has 1 unspecified atom stereocenters. The maximum Gasteiger partial charge on any atom is 0.233 e. The fourth-order valence-corrected chi connectivity index (χ4v) is 5.42. The van der Waals surface area contributed by atoms with Crippen molar-refractivity contribution in [3.8, 4) is 0 Å². The summed E-state index contributed by atoms with van der Waals surface area (Å²) in [5.74, 6) is 0.00487. The van der Waals surface area contributed by atoms with Crippen LogP contribution >= 0.6 is 11.6 Å². The minimum Gasteiger partial charge on any atom is -0.350 e. The van der Waals surface area contributed by atoms with Crippen LogP contribution in [0.3, 0.4) is 0 Å². The zero-order valence-electron chi connectivity index (χ0n) is 18.4. The van der Waals surface area contributed by atoms with Crippen molar-refractivity contribution < 1.29 is 22.7 Å². The van der Waals surface area contributed by atoms with Crippen molar-refractivity contribution >= 4 is 33.2 Å². The number of carbonyl (C=O) groups excluding carboxylic acids is 1. The van der Waals surface area contributed by atoms with Crippen LogP contribution in [0, 0.1) is 5.92 Å². The number of benzene rings is 1. The molecule has 3 rings (SSSR count). The number of carbonyl (C=O) groups is 1. The molecule has 1 heterocycles. The maximum atomic E-state index is 13.2. The lowest BCUT2D eigenvalue weighted by molar-refractivity contribution is -0.118. The fourth-order valence-electron chi connectivity index (χ4n) is 4.08. The summed E-state index contributed by atoms with van der Waals surface area (Å²) >= 11 is 6.26. The molecule has 1 aromatic heterocycles. The number of rotatable bonds is 9. The predicted octanol–water partition coefficient (Wildman–Crippen LogP) is 4.13. The Hall–Kier alpha value is -2.07. The molecule has 2 aromatic rings. The Labute approximate surface area is 193 Å². The summed E-state index contributed by atoms with van der Waals surface area (Å²) in [7, 11) is -0.455. The van der Waals surface area contributed by atoms with Crippen molar-refractivity contribution in [1.82, 2.24) is 9.97 Å². The van der Waals surface area contributed by atoms with Crippen LogP contribution in [0.5, 0.6) is 0 Å². The van der Waals surface area contributed by atoms with Crippen LogP contribution in [-0.2, 0) is 24.1 Å². The molecule has 10 heteroatoms. The number of amides is 1. The highest BCUT2D eigenvalue weighted by molar-refractivity contribution is 7.90. The topological polar surface area (TPSA) is 107 Å². The van der Waals surface area contributed by atoms with E-state index in [0.29, 0.717) is 29.4 Å². The lowest BCUT2D eigenvalue weighted by Crippen LogP contribution is -2.24. The summed E-state index contributed by atoms with van der Waals surface area (Å²) in [6.45, 7) is 0. The summed E-state index contributed by atoms with van der Waals surface area (Å²) < 4.78 is 34.1. The average molecular weight is 482 g/mol. The minimum atomic E-state index is -3.45. The van der Waals surface area contributed by atoms with Crippen LogP contribution in [0.1, 0.15) is 55.6 Å². The maximum absolute atomic E-state index is 13.2. The van der Waals surface area contributed by atoms with E-state index in [1.807, 2.05) is 0 Å². The SMILES string of the molecule is COC(OC)c1cnc(NC(=O)C(CC2CCCC2)c2ccc(S(C)(=O)=O)c(Cl)c2)cn1. The third-order valence-corrected chi connectivity index (χ3v) is 7.29. The summed E-state index contributed by atoms with van der Waals surface area (Å²) in [5, 5.41) is 2.94.